The van der Waals surface area contributed by atoms with Crippen LogP contribution in [0, 0.1) is 12.3 Å². The van der Waals surface area contributed by atoms with Crippen LogP contribution in [0.3, 0.4) is 0 Å². The van der Waals surface area contributed by atoms with Gasteiger partial charge < -0.3 is 15.3 Å². The molecule has 2 heterocycles. The molecule has 1 saturated heterocycles. The summed E-state index contributed by atoms with van der Waals surface area (Å²) in [6.07, 6.45) is 8.19. The fourth-order valence-electron chi connectivity index (χ4n) is 5.18. The van der Waals surface area contributed by atoms with Crippen LogP contribution in [0.2, 0.25) is 10.0 Å². The summed E-state index contributed by atoms with van der Waals surface area (Å²) in [6, 6.07) is 11.3. The van der Waals surface area contributed by atoms with Gasteiger partial charge in [-0.05, 0) is 68.0 Å². The van der Waals surface area contributed by atoms with Gasteiger partial charge in [-0.15, -0.1) is 0 Å². The van der Waals surface area contributed by atoms with Gasteiger partial charge in [-0.2, -0.15) is 5.10 Å². The number of amides is 1. The van der Waals surface area contributed by atoms with Crippen LogP contribution in [-0.2, 0) is 6.54 Å². The van der Waals surface area contributed by atoms with Crippen molar-refractivity contribution in [1.29, 1.82) is 0 Å². The monoisotopic (exact) mass is 498 g/mol. The number of aromatic hydroxyl groups is 1. The van der Waals surface area contributed by atoms with E-state index in [-0.39, 0.29) is 17.1 Å². The lowest BCUT2D eigenvalue weighted by molar-refractivity contribution is -0.0172. The number of benzene rings is 2. The van der Waals surface area contributed by atoms with Crippen LogP contribution in [-0.4, -0.2) is 44.8 Å². The maximum Gasteiger partial charge on any atom is 0.257 e. The van der Waals surface area contributed by atoms with E-state index in [9.17, 15) is 9.90 Å². The largest absolute Gasteiger partial charge is 0.507 e. The van der Waals surface area contributed by atoms with Gasteiger partial charge in [-0.25, -0.2) is 0 Å². The van der Waals surface area contributed by atoms with E-state index in [1.807, 2.05) is 47.1 Å². The minimum atomic E-state index is -0.0715. The van der Waals surface area contributed by atoms with Gasteiger partial charge in [0.25, 0.3) is 5.91 Å². The first-order valence-electron chi connectivity index (χ1n) is 11.6. The van der Waals surface area contributed by atoms with Crippen LogP contribution >= 0.6 is 23.2 Å². The van der Waals surface area contributed by atoms with Crippen molar-refractivity contribution in [2.75, 3.05) is 18.4 Å². The summed E-state index contributed by atoms with van der Waals surface area (Å²) in [6.45, 7) is 4.08. The van der Waals surface area contributed by atoms with Crippen molar-refractivity contribution >= 4 is 34.8 Å². The first-order chi connectivity index (χ1) is 16.3. The Morgan fingerprint density at radius 2 is 1.91 bits per heavy atom. The number of nitrogens with one attached hydrogen (secondary N) is 1. The number of nitrogens with zero attached hydrogens (tertiary/aromatic N) is 3. The highest BCUT2D eigenvalue weighted by atomic mass is 35.5. The van der Waals surface area contributed by atoms with Gasteiger partial charge in [0.2, 0.25) is 0 Å². The number of carbonyl (C=O) groups excluding carboxylic acids is 1. The fourth-order valence-corrected chi connectivity index (χ4v) is 5.50. The van der Waals surface area contributed by atoms with Crippen molar-refractivity contribution in [3.05, 3.63) is 75.5 Å². The smallest absolute Gasteiger partial charge is 0.257 e. The number of phenolic OH excluding ortho intramolecular Hbond substituents is 1. The van der Waals surface area contributed by atoms with Gasteiger partial charge in [0.15, 0.2) is 0 Å². The number of hydrogen-bond donors (Lipinski definition) is 2. The van der Waals surface area contributed by atoms with Crippen molar-refractivity contribution in [3.63, 3.8) is 0 Å². The molecule has 5 rings (SSSR count). The lowest BCUT2D eigenvalue weighted by Crippen LogP contribution is -2.60. The number of carbonyl (C=O) groups is 1. The predicted octanol–water partition coefficient (Wildman–Crippen LogP) is 5.75. The van der Waals surface area contributed by atoms with E-state index in [4.69, 9.17) is 23.2 Å². The molecule has 178 valence electrons. The Kier molecular flexibility index (Phi) is 6.21. The topological polar surface area (TPSA) is 70.4 Å². The minimum Gasteiger partial charge on any atom is -0.507 e. The number of aryl methyl sites for hydroxylation is 1. The van der Waals surface area contributed by atoms with Gasteiger partial charge in [-0.3, -0.25) is 9.48 Å². The van der Waals surface area contributed by atoms with E-state index in [1.165, 1.54) is 0 Å². The van der Waals surface area contributed by atoms with E-state index >= 15 is 0 Å². The van der Waals surface area contributed by atoms with Gasteiger partial charge in [0, 0.05) is 30.7 Å². The maximum absolute atomic E-state index is 12.8. The van der Waals surface area contributed by atoms with E-state index in [2.05, 4.69) is 10.4 Å². The fraction of sp³-hybridized carbons (Fsp3) is 0.385. The second-order valence-electron chi connectivity index (χ2n) is 9.78. The summed E-state index contributed by atoms with van der Waals surface area (Å²) in [4.78, 5) is 14.7. The molecule has 2 N–H and O–H groups in total. The molecule has 34 heavy (non-hydrogen) atoms. The van der Waals surface area contributed by atoms with Crippen LogP contribution in [0.15, 0.2) is 48.8 Å². The van der Waals surface area contributed by atoms with E-state index in [1.54, 1.807) is 18.2 Å². The quantitative estimate of drug-likeness (QED) is 0.469. The Hall–Kier alpha value is -2.70. The molecule has 2 aromatic carbocycles. The first kappa shape index (κ1) is 23.1. The van der Waals surface area contributed by atoms with Gasteiger partial charge in [0.05, 0.1) is 34.0 Å². The van der Waals surface area contributed by atoms with Gasteiger partial charge in [-0.1, -0.05) is 35.3 Å². The molecule has 1 aliphatic heterocycles. The molecule has 3 aromatic rings. The van der Waals surface area contributed by atoms with Crippen LogP contribution < -0.4 is 5.32 Å². The average Bonchev–Trinajstić information content (AvgIpc) is 3.21. The number of likely N-dealkylation sites (tertiary alicyclic amines) is 1. The third-order valence-corrected chi connectivity index (χ3v) is 7.84. The summed E-state index contributed by atoms with van der Waals surface area (Å²) < 4.78 is 1.89. The lowest BCUT2D eigenvalue weighted by atomic mass is 9.67. The highest BCUT2D eigenvalue weighted by Crippen LogP contribution is 2.45. The number of aromatic nitrogens is 2. The molecular weight excluding hydrogens is 471 g/mol. The molecule has 1 aliphatic carbocycles. The standard InChI is InChI=1S/C26H28Cl2N4O2/c1-17-2-4-21(24(33)10-17)25(34)31-15-26(16-31)8-6-19(7-9-26)30-20-12-29-32(14-20)13-18-3-5-22(27)23(28)11-18/h2-5,10-12,14,19,30,33H,6-9,13,15-16H2,1H3. The number of rotatable bonds is 5. The Balaban J connectivity index is 1.11. The van der Waals surface area contributed by atoms with E-state index < -0.39 is 0 Å². The molecule has 2 aliphatic rings. The second-order valence-corrected chi connectivity index (χ2v) is 10.6. The number of phenols is 1. The summed E-state index contributed by atoms with van der Waals surface area (Å²) >= 11 is 12.1. The first-order valence-corrected chi connectivity index (χ1v) is 12.4. The zero-order chi connectivity index (χ0) is 23.9. The van der Waals surface area contributed by atoms with Gasteiger partial charge >= 0.3 is 0 Å². The molecule has 1 saturated carbocycles. The molecule has 0 atom stereocenters. The molecule has 1 aromatic heterocycles. The van der Waals surface area contributed by atoms with Crippen LogP contribution in [0.25, 0.3) is 0 Å². The van der Waals surface area contributed by atoms with E-state index in [0.717, 1.165) is 55.6 Å². The molecule has 1 amide bonds. The number of halogens is 2. The Morgan fingerprint density at radius 1 is 1.15 bits per heavy atom. The molecule has 8 heteroatoms. The zero-order valence-corrected chi connectivity index (χ0v) is 20.6. The van der Waals surface area contributed by atoms with Crippen molar-refractivity contribution in [2.24, 2.45) is 5.41 Å². The maximum atomic E-state index is 12.8. The Bertz CT molecular complexity index is 1210. The average molecular weight is 499 g/mol. The van der Waals surface area contributed by atoms with Gasteiger partial charge in [0.1, 0.15) is 5.75 Å². The normalized spacial score (nSPS) is 17.6. The highest BCUT2D eigenvalue weighted by Gasteiger charge is 2.47. The summed E-state index contributed by atoms with van der Waals surface area (Å²) in [5, 5.41) is 19.3. The lowest BCUT2D eigenvalue weighted by Gasteiger charge is -2.53. The number of anilines is 1. The highest BCUT2D eigenvalue weighted by molar-refractivity contribution is 6.42. The second kappa shape index (κ2) is 9.16. The number of hydrogen-bond acceptors (Lipinski definition) is 4. The Labute approximate surface area is 209 Å². The van der Waals surface area contributed by atoms with Crippen LogP contribution in [0.4, 0.5) is 5.69 Å². The molecule has 1 spiro atoms. The van der Waals surface area contributed by atoms with Crippen molar-refractivity contribution < 1.29 is 9.90 Å². The molecule has 0 bridgehead atoms. The molecule has 0 unspecified atom stereocenters. The molecule has 6 nitrogen and oxygen atoms in total. The van der Waals surface area contributed by atoms with Crippen LogP contribution in [0.5, 0.6) is 5.75 Å². The third-order valence-electron chi connectivity index (χ3n) is 7.10. The van der Waals surface area contributed by atoms with Crippen molar-refractivity contribution in [1.82, 2.24) is 14.7 Å². The molecule has 0 radical (unpaired) electrons. The predicted molar refractivity (Wildman–Crippen MR) is 135 cm³/mol. The SMILES string of the molecule is Cc1ccc(C(=O)N2CC3(CCC(Nc4cnn(Cc5ccc(Cl)c(Cl)c5)c4)CC3)C2)c(O)c1. The zero-order valence-electron chi connectivity index (χ0n) is 19.1. The van der Waals surface area contributed by atoms with Crippen LogP contribution in [0.1, 0.15) is 47.2 Å². The van der Waals surface area contributed by atoms with Crippen molar-refractivity contribution in [3.8, 4) is 5.75 Å². The minimum absolute atomic E-state index is 0.0681. The summed E-state index contributed by atoms with van der Waals surface area (Å²) in [5.74, 6) is -0.00340. The molecule has 2 fully saturated rings. The van der Waals surface area contributed by atoms with E-state index in [0.29, 0.717) is 28.2 Å². The van der Waals surface area contributed by atoms with Crippen molar-refractivity contribution in [2.45, 2.75) is 45.2 Å². The molecular formula is C26H28Cl2N4O2. The Morgan fingerprint density at radius 3 is 2.62 bits per heavy atom. The summed E-state index contributed by atoms with van der Waals surface area (Å²) in [5.41, 5.74) is 3.62. The summed E-state index contributed by atoms with van der Waals surface area (Å²) in [7, 11) is 0. The third kappa shape index (κ3) is 4.75.